The minimum absolute atomic E-state index is 0.276. The van der Waals surface area contributed by atoms with Crippen LogP contribution in [0.25, 0.3) is 0 Å². The Kier molecular flexibility index (Phi) is 4.59. The molecule has 76 valence electrons. The molecule has 0 radical (unpaired) electrons. The molecule has 1 heterocycles. The molecular weight excluding hydrogens is 188 g/mol. The Bertz CT molecular complexity index is 166. The monoisotopic (exact) mass is 204 g/mol. The molecule has 0 aromatic heterocycles. The third-order valence-corrected chi connectivity index (χ3v) is 3.44. The van der Waals surface area contributed by atoms with Crippen LogP contribution in [0.15, 0.2) is 0 Å². The van der Waals surface area contributed by atoms with E-state index in [1.54, 1.807) is 6.92 Å². The van der Waals surface area contributed by atoms with Crippen LogP contribution < -0.4 is 0 Å². The summed E-state index contributed by atoms with van der Waals surface area (Å²) in [6.07, 6.45) is 2.23. The number of hydrogen-bond donors (Lipinski definition) is 1. The molecule has 2 atom stereocenters. The van der Waals surface area contributed by atoms with Crippen molar-refractivity contribution in [1.29, 1.82) is 0 Å². The molecule has 0 aliphatic carbocycles. The van der Waals surface area contributed by atoms with Crippen LogP contribution >= 0.6 is 11.8 Å². The van der Waals surface area contributed by atoms with Crippen molar-refractivity contribution in [3.05, 3.63) is 0 Å². The first kappa shape index (κ1) is 10.9. The third-order valence-electron chi connectivity index (χ3n) is 2.27. The molecule has 1 saturated heterocycles. The van der Waals surface area contributed by atoms with Crippen LogP contribution in [-0.4, -0.2) is 35.3 Å². The Hall–Kier alpha value is -0.220. The van der Waals surface area contributed by atoms with E-state index in [-0.39, 0.29) is 5.25 Å². The van der Waals surface area contributed by atoms with Gasteiger partial charge in [-0.05, 0) is 31.4 Å². The quantitative estimate of drug-likeness (QED) is 0.739. The second-order valence-corrected chi connectivity index (χ2v) is 4.82. The SMILES string of the molecule is CC(SCC[C@H]1CCOC1)C(=O)O. The van der Waals surface area contributed by atoms with Gasteiger partial charge in [-0.15, -0.1) is 11.8 Å². The van der Waals surface area contributed by atoms with Crippen LogP contribution in [0.1, 0.15) is 19.8 Å². The summed E-state index contributed by atoms with van der Waals surface area (Å²) >= 11 is 1.52. The number of carbonyl (C=O) groups is 1. The second-order valence-electron chi connectivity index (χ2n) is 3.37. The number of carboxylic acids is 1. The summed E-state index contributed by atoms with van der Waals surface area (Å²) in [6.45, 7) is 3.48. The van der Waals surface area contributed by atoms with Gasteiger partial charge in [-0.3, -0.25) is 4.79 Å². The molecule has 1 fully saturated rings. The minimum atomic E-state index is -0.715. The van der Waals surface area contributed by atoms with Crippen molar-refractivity contribution < 1.29 is 14.6 Å². The normalized spacial score (nSPS) is 24.5. The van der Waals surface area contributed by atoms with Gasteiger partial charge in [-0.1, -0.05) is 0 Å². The Morgan fingerprint density at radius 3 is 3.08 bits per heavy atom. The molecule has 1 unspecified atom stereocenters. The molecule has 0 saturated carbocycles. The molecule has 1 aliphatic rings. The van der Waals surface area contributed by atoms with Gasteiger partial charge in [0.1, 0.15) is 0 Å². The van der Waals surface area contributed by atoms with E-state index in [9.17, 15) is 4.79 Å². The van der Waals surface area contributed by atoms with Crippen LogP contribution in [0.5, 0.6) is 0 Å². The average molecular weight is 204 g/mol. The maximum absolute atomic E-state index is 10.5. The van der Waals surface area contributed by atoms with Crippen molar-refractivity contribution in [2.24, 2.45) is 5.92 Å². The summed E-state index contributed by atoms with van der Waals surface area (Å²) in [5.41, 5.74) is 0. The first-order valence-electron chi connectivity index (χ1n) is 4.62. The largest absolute Gasteiger partial charge is 0.480 e. The summed E-state index contributed by atoms with van der Waals surface area (Å²) in [5.74, 6) is 0.878. The predicted molar refractivity (Wildman–Crippen MR) is 53.1 cm³/mol. The lowest BCUT2D eigenvalue weighted by Crippen LogP contribution is -2.13. The topological polar surface area (TPSA) is 46.5 Å². The summed E-state index contributed by atoms with van der Waals surface area (Å²) in [6, 6.07) is 0. The van der Waals surface area contributed by atoms with Gasteiger partial charge in [0.05, 0.1) is 5.25 Å². The van der Waals surface area contributed by atoms with Crippen LogP contribution in [0.3, 0.4) is 0 Å². The highest BCUT2D eigenvalue weighted by molar-refractivity contribution is 8.00. The fraction of sp³-hybridized carbons (Fsp3) is 0.889. The number of hydrogen-bond acceptors (Lipinski definition) is 3. The molecule has 0 bridgehead atoms. The van der Waals surface area contributed by atoms with Gasteiger partial charge in [-0.25, -0.2) is 0 Å². The fourth-order valence-corrected chi connectivity index (χ4v) is 2.26. The van der Waals surface area contributed by atoms with Gasteiger partial charge in [-0.2, -0.15) is 0 Å². The van der Waals surface area contributed by atoms with Crippen LogP contribution in [0, 0.1) is 5.92 Å². The summed E-state index contributed by atoms with van der Waals surface area (Å²) in [5, 5.41) is 8.35. The molecule has 1 N–H and O–H groups in total. The molecule has 0 aromatic carbocycles. The molecule has 3 nitrogen and oxygen atoms in total. The molecule has 1 aliphatic heterocycles. The van der Waals surface area contributed by atoms with Crippen molar-refractivity contribution in [1.82, 2.24) is 0 Å². The summed E-state index contributed by atoms with van der Waals surface area (Å²) in [4.78, 5) is 10.5. The van der Waals surface area contributed by atoms with Crippen molar-refractivity contribution in [2.75, 3.05) is 19.0 Å². The first-order chi connectivity index (χ1) is 6.20. The van der Waals surface area contributed by atoms with Crippen LogP contribution in [-0.2, 0) is 9.53 Å². The number of aliphatic carboxylic acids is 1. The third kappa shape index (κ3) is 4.00. The fourth-order valence-electron chi connectivity index (χ4n) is 1.29. The molecule has 1 rings (SSSR count). The molecule has 0 spiro atoms. The maximum atomic E-state index is 10.5. The summed E-state index contributed by atoms with van der Waals surface area (Å²) < 4.78 is 5.24. The van der Waals surface area contributed by atoms with Gasteiger partial charge in [0, 0.05) is 13.2 Å². The smallest absolute Gasteiger partial charge is 0.316 e. The maximum Gasteiger partial charge on any atom is 0.316 e. The van der Waals surface area contributed by atoms with Gasteiger partial charge in [0.15, 0.2) is 0 Å². The number of carboxylic acid groups (broad SMARTS) is 1. The van der Waals surface area contributed by atoms with E-state index in [0.717, 1.165) is 31.8 Å². The Morgan fingerprint density at radius 1 is 1.77 bits per heavy atom. The minimum Gasteiger partial charge on any atom is -0.480 e. The number of ether oxygens (including phenoxy) is 1. The molecular formula is C9H16O3S. The first-order valence-corrected chi connectivity index (χ1v) is 5.67. The van der Waals surface area contributed by atoms with E-state index in [1.165, 1.54) is 11.8 Å². The van der Waals surface area contributed by atoms with Crippen molar-refractivity contribution in [2.45, 2.75) is 25.0 Å². The number of rotatable bonds is 5. The highest BCUT2D eigenvalue weighted by atomic mass is 32.2. The van der Waals surface area contributed by atoms with Gasteiger partial charge in [0.25, 0.3) is 0 Å². The van der Waals surface area contributed by atoms with Crippen molar-refractivity contribution >= 4 is 17.7 Å². The van der Waals surface area contributed by atoms with E-state index in [1.807, 2.05) is 0 Å². The molecule has 0 amide bonds. The number of thioether (sulfide) groups is 1. The predicted octanol–water partition coefficient (Wildman–Crippen LogP) is 1.62. The highest BCUT2D eigenvalue weighted by Crippen LogP contribution is 2.20. The zero-order valence-electron chi connectivity index (χ0n) is 7.86. The average Bonchev–Trinajstić information content (AvgIpc) is 2.56. The van der Waals surface area contributed by atoms with Crippen molar-refractivity contribution in [3.8, 4) is 0 Å². The van der Waals surface area contributed by atoms with Crippen LogP contribution in [0.4, 0.5) is 0 Å². The van der Waals surface area contributed by atoms with Crippen LogP contribution in [0.2, 0.25) is 0 Å². The Balaban J connectivity index is 2.02. The zero-order chi connectivity index (χ0) is 9.68. The van der Waals surface area contributed by atoms with E-state index >= 15 is 0 Å². The van der Waals surface area contributed by atoms with E-state index in [0.29, 0.717) is 5.92 Å². The lowest BCUT2D eigenvalue weighted by Gasteiger charge is -2.08. The zero-order valence-corrected chi connectivity index (χ0v) is 8.68. The second kappa shape index (κ2) is 5.50. The van der Waals surface area contributed by atoms with Gasteiger partial charge in [0.2, 0.25) is 0 Å². The Labute approximate surface area is 82.8 Å². The van der Waals surface area contributed by atoms with Gasteiger partial charge < -0.3 is 9.84 Å². The van der Waals surface area contributed by atoms with E-state index in [4.69, 9.17) is 9.84 Å². The van der Waals surface area contributed by atoms with Crippen molar-refractivity contribution in [3.63, 3.8) is 0 Å². The van der Waals surface area contributed by atoms with Gasteiger partial charge >= 0.3 is 5.97 Å². The molecule has 13 heavy (non-hydrogen) atoms. The lowest BCUT2D eigenvalue weighted by atomic mass is 10.1. The lowest BCUT2D eigenvalue weighted by molar-refractivity contribution is -0.136. The van der Waals surface area contributed by atoms with E-state index < -0.39 is 5.97 Å². The summed E-state index contributed by atoms with van der Waals surface area (Å²) in [7, 11) is 0. The molecule has 4 heteroatoms. The Morgan fingerprint density at radius 2 is 2.54 bits per heavy atom. The highest BCUT2D eigenvalue weighted by Gasteiger charge is 2.17. The standard InChI is InChI=1S/C9H16O3S/c1-7(9(10)11)13-5-3-8-2-4-12-6-8/h7-8H,2-6H2,1H3,(H,10,11)/t7?,8-/m1/s1. The van der Waals surface area contributed by atoms with E-state index in [2.05, 4.69) is 0 Å². The molecule has 0 aromatic rings.